The number of hydrogen-bond donors (Lipinski definition) is 7. The second kappa shape index (κ2) is 18.0. The Morgan fingerprint density at radius 3 is 1.94 bits per heavy atom. The van der Waals surface area contributed by atoms with Gasteiger partial charge in [0.05, 0.1) is 6.04 Å². The second-order valence-corrected chi connectivity index (χ2v) is 9.81. The highest BCUT2D eigenvalue weighted by Crippen LogP contribution is 2.09. The second-order valence-electron chi connectivity index (χ2n) is 8.83. The first-order valence-corrected chi connectivity index (χ1v) is 13.2. The van der Waals surface area contributed by atoms with E-state index in [1.807, 2.05) is 20.1 Å². The van der Waals surface area contributed by atoms with E-state index in [4.69, 9.17) is 17.2 Å². The quantitative estimate of drug-likeness (QED) is 0.105. The molecule has 4 amide bonds. The summed E-state index contributed by atoms with van der Waals surface area (Å²) in [6, 6.07) is -4.08. The van der Waals surface area contributed by atoms with Crippen LogP contribution in [0.4, 0.5) is 0 Å². The van der Waals surface area contributed by atoms with Crippen molar-refractivity contribution in [1.29, 1.82) is 0 Å². The van der Waals surface area contributed by atoms with Crippen LogP contribution < -0.4 is 33.2 Å². The monoisotopic (exact) mass is 518 g/mol. The molecule has 0 aliphatic rings. The van der Waals surface area contributed by atoms with Gasteiger partial charge < -0.3 is 38.3 Å². The fraction of sp³-hybridized carbons (Fsp3) is 0.773. The molecule has 0 fully saturated rings. The van der Waals surface area contributed by atoms with Crippen molar-refractivity contribution in [3.05, 3.63) is 0 Å². The van der Waals surface area contributed by atoms with Crippen LogP contribution in [-0.2, 0) is 24.0 Å². The number of amides is 4. The van der Waals surface area contributed by atoms with Crippen LogP contribution in [0.25, 0.3) is 0 Å². The van der Waals surface area contributed by atoms with Gasteiger partial charge in [-0.2, -0.15) is 11.8 Å². The Labute approximate surface area is 211 Å². The highest BCUT2D eigenvalue weighted by Gasteiger charge is 2.30. The average Bonchev–Trinajstić information content (AvgIpc) is 2.78. The van der Waals surface area contributed by atoms with Gasteiger partial charge >= 0.3 is 5.97 Å². The molecule has 0 aromatic heterocycles. The summed E-state index contributed by atoms with van der Waals surface area (Å²) in [5, 5.41) is 17.2. The molecule has 0 heterocycles. The third kappa shape index (κ3) is 14.6. The predicted molar refractivity (Wildman–Crippen MR) is 135 cm³/mol. The topological polar surface area (TPSA) is 220 Å². The van der Waals surface area contributed by atoms with E-state index in [1.54, 1.807) is 0 Å². The van der Waals surface area contributed by atoms with E-state index in [0.29, 0.717) is 25.1 Å². The molecule has 13 heteroatoms. The third-order valence-electron chi connectivity index (χ3n) is 5.18. The largest absolute Gasteiger partial charge is 0.480 e. The lowest BCUT2D eigenvalue weighted by Gasteiger charge is -2.26. The van der Waals surface area contributed by atoms with Crippen LogP contribution in [-0.4, -0.2) is 77.4 Å². The van der Waals surface area contributed by atoms with Crippen LogP contribution >= 0.6 is 11.8 Å². The first kappa shape index (κ1) is 32.6. The van der Waals surface area contributed by atoms with Crippen LogP contribution in [0.1, 0.15) is 58.8 Å². The number of carboxylic acid groups (broad SMARTS) is 1. The summed E-state index contributed by atoms with van der Waals surface area (Å²) in [6.45, 7) is 4.14. The highest BCUT2D eigenvalue weighted by atomic mass is 32.2. The van der Waals surface area contributed by atoms with Crippen molar-refractivity contribution in [3.63, 3.8) is 0 Å². The summed E-state index contributed by atoms with van der Waals surface area (Å²) in [4.78, 5) is 60.9. The van der Waals surface area contributed by atoms with Crippen LogP contribution in [0.3, 0.4) is 0 Å². The van der Waals surface area contributed by atoms with E-state index in [-0.39, 0.29) is 38.0 Å². The lowest BCUT2D eigenvalue weighted by atomic mass is 10.0. The molecule has 0 rings (SSSR count). The summed E-state index contributed by atoms with van der Waals surface area (Å²) in [5.41, 5.74) is 16.4. The molecule has 0 saturated carbocycles. The molecule has 0 saturated heterocycles. The van der Waals surface area contributed by atoms with E-state index in [9.17, 15) is 29.1 Å². The van der Waals surface area contributed by atoms with Gasteiger partial charge in [0.1, 0.15) is 18.1 Å². The van der Waals surface area contributed by atoms with Gasteiger partial charge in [-0.25, -0.2) is 4.79 Å². The van der Waals surface area contributed by atoms with E-state index in [0.717, 1.165) is 0 Å². The first-order valence-electron chi connectivity index (χ1n) is 11.8. The lowest BCUT2D eigenvalue weighted by molar-refractivity contribution is -0.142. The van der Waals surface area contributed by atoms with Crippen LogP contribution in [0.15, 0.2) is 0 Å². The van der Waals surface area contributed by atoms with E-state index in [1.165, 1.54) is 11.8 Å². The van der Waals surface area contributed by atoms with Crippen LogP contribution in [0.2, 0.25) is 0 Å². The normalized spacial score (nSPS) is 14.5. The van der Waals surface area contributed by atoms with Gasteiger partial charge in [-0.05, 0) is 63.0 Å². The molecule has 202 valence electrons. The number of carbonyl (C=O) groups is 5. The molecule has 4 unspecified atom stereocenters. The van der Waals surface area contributed by atoms with E-state index >= 15 is 0 Å². The molecule has 12 nitrogen and oxygen atoms in total. The third-order valence-corrected chi connectivity index (χ3v) is 5.83. The number of rotatable bonds is 19. The SMILES string of the molecule is CSCCC(NC(=O)C(CC(C)C)NC(=O)C(CCCCN)NC(=O)C(N)CCC(N)=O)C(=O)O. The molecule has 0 aromatic rings. The van der Waals surface area contributed by atoms with Crippen molar-refractivity contribution in [2.75, 3.05) is 18.6 Å². The number of nitrogens with one attached hydrogen (secondary N) is 3. The van der Waals surface area contributed by atoms with Crippen molar-refractivity contribution >= 4 is 41.4 Å². The molecular weight excluding hydrogens is 476 g/mol. The van der Waals surface area contributed by atoms with Gasteiger partial charge in [0.2, 0.25) is 23.6 Å². The maximum atomic E-state index is 13.1. The maximum absolute atomic E-state index is 13.1. The van der Waals surface area contributed by atoms with Crippen molar-refractivity contribution in [2.24, 2.45) is 23.1 Å². The summed E-state index contributed by atoms with van der Waals surface area (Å²) in [5.74, 6) is -2.99. The minimum atomic E-state index is -1.15. The van der Waals surface area contributed by atoms with Gasteiger partial charge in [-0.3, -0.25) is 19.2 Å². The Morgan fingerprint density at radius 1 is 0.857 bits per heavy atom. The van der Waals surface area contributed by atoms with Crippen LogP contribution in [0.5, 0.6) is 0 Å². The number of nitrogens with two attached hydrogens (primary N) is 3. The first-order chi connectivity index (χ1) is 16.4. The Balaban J connectivity index is 5.45. The highest BCUT2D eigenvalue weighted by molar-refractivity contribution is 7.98. The molecule has 10 N–H and O–H groups in total. The molecule has 0 aliphatic carbocycles. The summed E-state index contributed by atoms with van der Waals surface area (Å²) in [7, 11) is 0. The number of unbranched alkanes of at least 4 members (excludes halogenated alkanes) is 1. The molecule has 0 spiro atoms. The number of carboxylic acids is 1. The minimum Gasteiger partial charge on any atom is -0.480 e. The zero-order valence-electron chi connectivity index (χ0n) is 20.9. The Morgan fingerprint density at radius 2 is 1.43 bits per heavy atom. The molecule has 0 aliphatic heterocycles. The Kier molecular flexibility index (Phi) is 16.7. The van der Waals surface area contributed by atoms with Gasteiger partial charge in [0.15, 0.2) is 0 Å². The van der Waals surface area contributed by atoms with Crippen LogP contribution in [0, 0.1) is 5.92 Å². The standard InChI is InChI=1S/C22H42N6O6S/c1-13(2)12-17(21(32)27-16(22(33)34)9-11-35-3)28-20(31)15(6-4-5-10-23)26-19(30)14(24)7-8-18(25)29/h13-17H,4-12,23-24H2,1-3H3,(H2,25,29)(H,26,30)(H,27,32)(H,28,31)(H,33,34). The average molecular weight is 519 g/mol. The fourth-order valence-corrected chi connectivity index (χ4v) is 3.68. The van der Waals surface area contributed by atoms with Gasteiger partial charge in [0.25, 0.3) is 0 Å². The zero-order valence-corrected chi connectivity index (χ0v) is 21.7. The summed E-state index contributed by atoms with van der Waals surface area (Å²) in [6.07, 6.45) is 3.74. The zero-order chi connectivity index (χ0) is 27.0. The van der Waals surface area contributed by atoms with E-state index < -0.39 is 53.8 Å². The Bertz CT molecular complexity index is 708. The minimum absolute atomic E-state index is 0.0213. The molecule has 0 radical (unpaired) electrons. The maximum Gasteiger partial charge on any atom is 0.326 e. The smallest absolute Gasteiger partial charge is 0.326 e. The van der Waals surface area contributed by atoms with Gasteiger partial charge in [-0.1, -0.05) is 13.8 Å². The van der Waals surface area contributed by atoms with Gasteiger partial charge in [-0.15, -0.1) is 0 Å². The molecular formula is C22H42N6O6S. The van der Waals surface area contributed by atoms with Crippen molar-refractivity contribution in [3.8, 4) is 0 Å². The number of carbonyl (C=O) groups excluding carboxylic acids is 4. The molecule has 4 atom stereocenters. The molecule has 0 aromatic carbocycles. The Hall–Kier alpha value is -2.38. The predicted octanol–water partition coefficient (Wildman–Crippen LogP) is -0.954. The number of aliphatic carboxylic acids is 1. The van der Waals surface area contributed by atoms with Crippen molar-refractivity contribution in [2.45, 2.75) is 83.0 Å². The summed E-state index contributed by atoms with van der Waals surface area (Å²) >= 11 is 1.46. The lowest BCUT2D eigenvalue weighted by Crippen LogP contribution is -2.57. The molecule has 0 bridgehead atoms. The van der Waals surface area contributed by atoms with Crippen molar-refractivity contribution < 1.29 is 29.1 Å². The number of thioether (sulfide) groups is 1. The summed E-state index contributed by atoms with van der Waals surface area (Å²) < 4.78 is 0. The fourth-order valence-electron chi connectivity index (χ4n) is 3.21. The number of hydrogen-bond acceptors (Lipinski definition) is 8. The van der Waals surface area contributed by atoms with Gasteiger partial charge in [0, 0.05) is 6.42 Å². The molecule has 35 heavy (non-hydrogen) atoms. The number of primary amides is 1. The van der Waals surface area contributed by atoms with E-state index in [2.05, 4.69) is 16.0 Å². The van der Waals surface area contributed by atoms with Crippen molar-refractivity contribution in [1.82, 2.24) is 16.0 Å².